The molecule has 6 nitrogen and oxygen atoms in total. The van der Waals surface area contributed by atoms with Gasteiger partial charge in [-0.05, 0) is 12.1 Å². The number of hydrogen-bond acceptors (Lipinski definition) is 4. The lowest BCUT2D eigenvalue weighted by Crippen LogP contribution is -2.42. The highest BCUT2D eigenvalue weighted by Gasteiger charge is 2.22. The van der Waals surface area contributed by atoms with Crippen molar-refractivity contribution in [1.82, 2.24) is 10.3 Å². The Morgan fingerprint density at radius 2 is 1.94 bits per heavy atom. The second kappa shape index (κ2) is 6.48. The minimum Gasteiger partial charge on any atom is -0.480 e. The van der Waals surface area contributed by atoms with Crippen molar-refractivity contribution in [2.45, 2.75) is 25.8 Å². The van der Waals surface area contributed by atoms with E-state index in [0.717, 1.165) is 0 Å². The monoisotopic (exact) mass is 250 g/mol. The first kappa shape index (κ1) is 13.8. The molecule has 1 amide bonds. The van der Waals surface area contributed by atoms with Gasteiger partial charge in [-0.15, -0.1) is 0 Å². The summed E-state index contributed by atoms with van der Waals surface area (Å²) >= 11 is 0. The maximum Gasteiger partial charge on any atom is 0.326 e. The highest BCUT2D eigenvalue weighted by atomic mass is 16.4. The maximum absolute atomic E-state index is 11.7. The van der Waals surface area contributed by atoms with Gasteiger partial charge in [-0.3, -0.25) is 14.6 Å². The molecular weight excluding hydrogens is 236 g/mol. The minimum atomic E-state index is -1.22. The molecule has 0 spiro atoms. The topological polar surface area (TPSA) is 96.4 Å². The van der Waals surface area contributed by atoms with Gasteiger partial charge in [-0.1, -0.05) is 6.92 Å². The van der Waals surface area contributed by atoms with Crippen LogP contribution in [0.3, 0.4) is 0 Å². The van der Waals surface area contributed by atoms with E-state index in [0.29, 0.717) is 5.56 Å². The molecule has 0 saturated heterocycles. The Bertz CT molecular complexity index is 445. The van der Waals surface area contributed by atoms with Crippen LogP contribution in [0.15, 0.2) is 24.5 Å². The molecule has 18 heavy (non-hydrogen) atoms. The lowest BCUT2D eigenvalue weighted by Gasteiger charge is -2.13. The Morgan fingerprint density at radius 3 is 2.44 bits per heavy atom. The molecule has 0 aliphatic carbocycles. The number of nitrogens with one attached hydrogen (secondary N) is 1. The number of pyridine rings is 1. The number of carboxylic acids is 1. The molecule has 0 saturated carbocycles. The zero-order valence-electron chi connectivity index (χ0n) is 9.92. The summed E-state index contributed by atoms with van der Waals surface area (Å²) in [4.78, 5) is 37.6. The van der Waals surface area contributed by atoms with Crippen LogP contribution in [0.2, 0.25) is 0 Å². The third-order valence-electron chi connectivity index (χ3n) is 2.37. The summed E-state index contributed by atoms with van der Waals surface area (Å²) in [6.45, 7) is 1.64. The van der Waals surface area contributed by atoms with Crippen molar-refractivity contribution in [3.63, 3.8) is 0 Å². The Kier molecular flexibility index (Phi) is 4.98. The van der Waals surface area contributed by atoms with Crippen LogP contribution in [0.5, 0.6) is 0 Å². The van der Waals surface area contributed by atoms with E-state index in [1.165, 1.54) is 24.5 Å². The van der Waals surface area contributed by atoms with Crippen LogP contribution < -0.4 is 5.32 Å². The summed E-state index contributed by atoms with van der Waals surface area (Å²) in [5.41, 5.74) is 0.306. The number of carbonyl (C=O) groups excluding carboxylic acids is 2. The van der Waals surface area contributed by atoms with Gasteiger partial charge in [0.25, 0.3) is 5.91 Å². The standard InChI is InChI=1S/C12H14N2O4/c1-2-9(15)7-10(12(17)18)14-11(16)8-3-5-13-6-4-8/h3-6,10H,2,7H2,1H3,(H,14,16)(H,17,18). The second-order valence-corrected chi connectivity index (χ2v) is 3.70. The normalized spacial score (nSPS) is 11.6. The first-order valence-electron chi connectivity index (χ1n) is 5.50. The fraction of sp³-hybridized carbons (Fsp3) is 0.333. The number of hydrogen-bond donors (Lipinski definition) is 2. The Morgan fingerprint density at radius 1 is 1.33 bits per heavy atom. The molecular formula is C12H14N2O4. The first-order chi connectivity index (χ1) is 8.54. The van der Waals surface area contributed by atoms with Crippen molar-refractivity contribution in [3.8, 4) is 0 Å². The average Bonchev–Trinajstić information content (AvgIpc) is 2.38. The number of aromatic nitrogens is 1. The quantitative estimate of drug-likeness (QED) is 0.772. The lowest BCUT2D eigenvalue weighted by atomic mass is 10.1. The Labute approximate surface area is 104 Å². The minimum absolute atomic E-state index is 0.206. The average molecular weight is 250 g/mol. The molecule has 6 heteroatoms. The smallest absolute Gasteiger partial charge is 0.326 e. The van der Waals surface area contributed by atoms with Gasteiger partial charge in [0.05, 0.1) is 0 Å². The summed E-state index contributed by atoms with van der Waals surface area (Å²) in [6, 6.07) is 1.74. The number of Topliss-reactive ketones (excluding diaryl/α,β-unsaturated/α-hetero) is 1. The molecule has 0 aliphatic heterocycles. The third-order valence-corrected chi connectivity index (χ3v) is 2.37. The molecule has 0 fully saturated rings. The van der Waals surface area contributed by atoms with Crippen LogP contribution in [-0.2, 0) is 9.59 Å². The van der Waals surface area contributed by atoms with Gasteiger partial charge in [0, 0.05) is 30.8 Å². The van der Waals surface area contributed by atoms with Gasteiger partial charge in [0.15, 0.2) is 0 Å². The fourth-order valence-corrected chi connectivity index (χ4v) is 1.32. The highest BCUT2D eigenvalue weighted by Crippen LogP contribution is 2.01. The molecule has 1 aromatic rings. The number of aliphatic carboxylic acids is 1. The molecule has 0 radical (unpaired) electrons. The maximum atomic E-state index is 11.7. The first-order valence-corrected chi connectivity index (χ1v) is 5.50. The van der Waals surface area contributed by atoms with Gasteiger partial charge in [0.1, 0.15) is 11.8 Å². The molecule has 1 aromatic heterocycles. The van der Waals surface area contributed by atoms with Crippen molar-refractivity contribution >= 4 is 17.7 Å². The fourth-order valence-electron chi connectivity index (χ4n) is 1.32. The summed E-state index contributed by atoms with van der Waals surface area (Å²) < 4.78 is 0. The number of carbonyl (C=O) groups is 3. The number of carboxylic acid groups (broad SMARTS) is 1. The van der Waals surface area contributed by atoms with Crippen molar-refractivity contribution < 1.29 is 19.5 Å². The van der Waals surface area contributed by atoms with Crippen LogP contribution >= 0.6 is 0 Å². The predicted molar refractivity (Wildman–Crippen MR) is 63.0 cm³/mol. The molecule has 2 N–H and O–H groups in total. The van der Waals surface area contributed by atoms with Gasteiger partial charge >= 0.3 is 5.97 Å². The van der Waals surface area contributed by atoms with E-state index in [-0.39, 0.29) is 18.6 Å². The number of amides is 1. The second-order valence-electron chi connectivity index (χ2n) is 3.70. The van der Waals surface area contributed by atoms with Gasteiger partial charge in [-0.25, -0.2) is 4.79 Å². The summed E-state index contributed by atoms with van der Waals surface area (Å²) in [5.74, 6) is -1.97. The summed E-state index contributed by atoms with van der Waals surface area (Å²) in [6.07, 6.45) is 2.90. The number of rotatable bonds is 6. The molecule has 1 rings (SSSR count). The number of nitrogens with zero attached hydrogens (tertiary/aromatic N) is 1. The van der Waals surface area contributed by atoms with Crippen molar-refractivity contribution in [2.24, 2.45) is 0 Å². The molecule has 96 valence electrons. The van der Waals surface area contributed by atoms with Gasteiger partial charge < -0.3 is 10.4 Å². The predicted octanol–water partition coefficient (Wildman–Crippen LogP) is 0.634. The molecule has 0 bridgehead atoms. The highest BCUT2D eigenvalue weighted by molar-refractivity contribution is 5.97. The summed E-state index contributed by atoms with van der Waals surface area (Å²) in [7, 11) is 0. The van der Waals surface area contributed by atoms with E-state index in [2.05, 4.69) is 10.3 Å². The van der Waals surface area contributed by atoms with Gasteiger partial charge in [0.2, 0.25) is 0 Å². The van der Waals surface area contributed by atoms with E-state index in [1.54, 1.807) is 6.92 Å². The van der Waals surface area contributed by atoms with Crippen LogP contribution in [0, 0.1) is 0 Å². The van der Waals surface area contributed by atoms with Crippen molar-refractivity contribution in [3.05, 3.63) is 30.1 Å². The largest absolute Gasteiger partial charge is 0.480 e. The van der Waals surface area contributed by atoms with E-state index in [9.17, 15) is 14.4 Å². The van der Waals surface area contributed by atoms with Gasteiger partial charge in [-0.2, -0.15) is 0 Å². The van der Waals surface area contributed by atoms with Crippen LogP contribution in [0.1, 0.15) is 30.1 Å². The van der Waals surface area contributed by atoms with Crippen molar-refractivity contribution in [2.75, 3.05) is 0 Å². The van der Waals surface area contributed by atoms with E-state index in [1.807, 2.05) is 0 Å². The molecule has 1 heterocycles. The van der Waals surface area contributed by atoms with E-state index in [4.69, 9.17) is 5.11 Å². The van der Waals surface area contributed by atoms with Crippen LogP contribution in [-0.4, -0.2) is 33.8 Å². The van der Waals surface area contributed by atoms with E-state index >= 15 is 0 Å². The zero-order valence-corrected chi connectivity index (χ0v) is 9.92. The SMILES string of the molecule is CCC(=O)CC(NC(=O)c1ccncc1)C(=O)O. The zero-order chi connectivity index (χ0) is 13.5. The third kappa shape index (κ3) is 3.97. The molecule has 0 aliphatic rings. The summed E-state index contributed by atoms with van der Waals surface area (Å²) in [5, 5.41) is 11.2. The van der Waals surface area contributed by atoms with Crippen molar-refractivity contribution in [1.29, 1.82) is 0 Å². The Hall–Kier alpha value is -2.24. The Balaban J connectivity index is 2.70. The molecule has 0 aromatic carbocycles. The van der Waals surface area contributed by atoms with Crippen LogP contribution in [0.4, 0.5) is 0 Å². The molecule has 1 atom stereocenters. The molecule has 1 unspecified atom stereocenters. The van der Waals surface area contributed by atoms with Crippen LogP contribution in [0.25, 0.3) is 0 Å². The number of ketones is 1. The van der Waals surface area contributed by atoms with E-state index < -0.39 is 17.9 Å². The lowest BCUT2D eigenvalue weighted by molar-refractivity contribution is -0.141.